The first kappa shape index (κ1) is 14.2. The van der Waals surface area contributed by atoms with Crippen LogP contribution in [0.25, 0.3) is 0 Å². The largest absolute Gasteiger partial charge is 0.329 e. The van der Waals surface area contributed by atoms with Gasteiger partial charge in [0.2, 0.25) is 0 Å². The van der Waals surface area contributed by atoms with E-state index in [0.29, 0.717) is 17.2 Å². The van der Waals surface area contributed by atoms with Gasteiger partial charge < -0.3 is 10.2 Å². The quantitative estimate of drug-likeness (QED) is 0.655. The summed E-state index contributed by atoms with van der Waals surface area (Å²) in [4.78, 5) is 19.5. The van der Waals surface area contributed by atoms with Crippen molar-refractivity contribution in [2.75, 3.05) is 11.9 Å². The summed E-state index contributed by atoms with van der Waals surface area (Å²) in [5, 5.41) is 12.7. The maximum absolute atomic E-state index is 13.5. The predicted molar refractivity (Wildman–Crippen MR) is 73.2 cm³/mol. The van der Waals surface area contributed by atoms with E-state index in [1.165, 1.54) is 17.4 Å². The van der Waals surface area contributed by atoms with E-state index >= 15 is 0 Å². The first-order valence-electron chi connectivity index (χ1n) is 5.81. The highest BCUT2D eigenvalue weighted by atomic mass is 32.1. The summed E-state index contributed by atoms with van der Waals surface area (Å²) in [5.74, 6) is -0.362. The zero-order valence-electron chi connectivity index (χ0n) is 10.6. The summed E-state index contributed by atoms with van der Waals surface area (Å²) in [6, 6.07) is 6.29. The second-order valence-electron chi connectivity index (χ2n) is 3.94. The van der Waals surface area contributed by atoms with Gasteiger partial charge in [-0.2, -0.15) is 0 Å². The number of rotatable bonds is 6. The molecule has 1 heterocycles. The van der Waals surface area contributed by atoms with Crippen LogP contribution in [-0.4, -0.2) is 16.7 Å². The average molecular weight is 297 g/mol. The molecule has 6 nitrogen and oxygen atoms in total. The Bertz CT molecular complexity index is 618. The second-order valence-corrected chi connectivity index (χ2v) is 5.02. The van der Waals surface area contributed by atoms with E-state index in [-0.39, 0.29) is 12.4 Å². The van der Waals surface area contributed by atoms with Gasteiger partial charge in [0.05, 0.1) is 11.4 Å². The number of aromatic nitrogens is 1. The van der Waals surface area contributed by atoms with Crippen LogP contribution in [0.1, 0.15) is 10.6 Å². The Morgan fingerprint density at radius 2 is 2.25 bits per heavy atom. The fourth-order valence-corrected chi connectivity index (χ4v) is 2.56. The average Bonchev–Trinajstić information content (AvgIpc) is 2.72. The normalized spacial score (nSPS) is 10.3. The number of anilines is 2. The van der Waals surface area contributed by atoms with Crippen molar-refractivity contribution in [3.05, 3.63) is 50.8 Å². The van der Waals surface area contributed by atoms with Gasteiger partial charge in [-0.15, -0.1) is 21.5 Å². The van der Waals surface area contributed by atoms with Crippen molar-refractivity contribution in [1.29, 1.82) is 0 Å². The molecule has 0 bridgehead atoms. The molecule has 0 saturated carbocycles. The van der Waals surface area contributed by atoms with Crippen molar-refractivity contribution < 1.29 is 14.3 Å². The lowest BCUT2D eigenvalue weighted by Gasteiger charge is -2.02. The van der Waals surface area contributed by atoms with Crippen molar-refractivity contribution in [3.8, 4) is 0 Å². The van der Waals surface area contributed by atoms with Gasteiger partial charge in [0.25, 0.3) is 5.09 Å². The van der Waals surface area contributed by atoms with E-state index in [1.807, 2.05) is 0 Å². The van der Waals surface area contributed by atoms with E-state index < -0.39 is 5.09 Å². The van der Waals surface area contributed by atoms with Crippen LogP contribution in [0, 0.1) is 22.9 Å². The molecular weight excluding hydrogens is 285 g/mol. The lowest BCUT2D eigenvalue weighted by molar-refractivity contribution is -0.757. The van der Waals surface area contributed by atoms with Crippen LogP contribution in [0.15, 0.2) is 24.3 Å². The molecular formula is C12H12FN3O3S. The van der Waals surface area contributed by atoms with E-state index in [4.69, 9.17) is 0 Å². The summed E-state index contributed by atoms with van der Waals surface area (Å²) in [5.41, 5.74) is 1.09. The highest BCUT2D eigenvalue weighted by Crippen LogP contribution is 2.27. The summed E-state index contributed by atoms with van der Waals surface area (Å²) in [6.45, 7) is 1.78. The number of para-hydroxylation sites is 1. The van der Waals surface area contributed by atoms with Gasteiger partial charge in [-0.1, -0.05) is 12.1 Å². The molecule has 0 aliphatic rings. The molecule has 20 heavy (non-hydrogen) atoms. The van der Waals surface area contributed by atoms with Gasteiger partial charge in [0.15, 0.2) is 5.13 Å². The monoisotopic (exact) mass is 297 g/mol. The van der Waals surface area contributed by atoms with Crippen molar-refractivity contribution in [1.82, 2.24) is 4.98 Å². The van der Waals surface area contributed by atoms with Gasteiger partial charge in [-0.25, -0.2) is 9.37 Å². The highest BCUT2D eigenvalue weighted by Gasteiger charge is 2.10. The Morgan fingerprint density at radius 3 is 2.95 bits per heavy atom. The minimum Gasteiger partial charge on any atom is -0.329 e. The van der Waals surface area contributed by atoms with Gasteiger partial charge in [0.1, 0.15) is 12.4 Å². The number of halogens is 1. The second kappa shape index (κ2) is 6.29. The fraction of sp³-hybridized carbons (Fsp3) is 0.250. The molecule has 0 radical (unpaired) electrons. The molecule has 8 heteroatoms. The number of thiazole rings is 1. The molecule has 1 N–H and O–H groups in total. The van der Waals surface area contributed by atoms with Gasteiger partial charge >= 0.3 is 0 Å². The molecule has 0 fully saturated rings. The summed E-state index contributed by atoms with van der Waals surface area (Å²) >= 11 is 1.32. The maximum atomic E-state index is 13.5. The van der Waals surface area contributed by atoms with Gasteiger partial charge in [0, 0.05) is 11.3 Å². The van der Waals surface area contributed by atoms with Crippen LogP contribution in [0.5, 0.6) is 0 Å². The summed E-state index contributed by atoms with van der Waals surface area (Å²) in [7, 11) is 0. The molecule has 0 atom stereocenters. The number of hydrogen-bond donors (Lipinski definition) is 1. The molecule has 0 aliphatic heterocycles. The van der Waals surface area contributed by atoms with Crippen LogP contribution in [0.4, 0.5) is 15.2 Å². The number of benzene rings is 1. The molecule has 1 aromatic carbocycles. The smallest absolute Gasteiger partial charge is 0.294 e. The number of aryl methyl sites for hydroxylation is 1. The van der Waals surface area contributed by atoms with E-state index in [2.05, 4.69) is 15.1 Å². The van der Waals surface area contributed by atoms with E-state index in [0.717, 1.165) is 10.6 Å². The topological polar surface area (TPSA) is 77.3 Å². The SMILES string of the molecule is Cc1nc(Nc2ccccc2F)sc1CCO[N+](=O)[O-]. The fourth-order valence-electron chi connectivity index (χ4n) is 1.60. The molecule has 0 saturated heterocycles. The Labute approximate surface area is 118 Å². The Morgan fingerprint density at radius 1 is 1.50 bits per heavy atom. The number of nitrogens with one attached hydrogen (secondary N) is 1. The van der Waals surface area contributed by atoms with Crippen molar-refractivity contribution in [3.63, 3.8) is 0 Å². The number of nitrogens with zero attached hydrogens (tertiary/aromatic N) is 2. The first-order valence-corrected chi connectivity index (χ1v) is 6.63. The third-order valence-electron chi connectivity index (χ3n) is 2.53. The van der Waals surface area contributed by atoms with Crippen LogP contribution in [0.2, 0.25) is 0 Å². The lowest BCUT2D eigenvalue weighted by atomic mass is 10.3. The highest BCUT2D eigenvalue weighted by molar-refractivity contribution is 7.15. The Kier molecular flexibility index (Phi) is 4.46. The Hall–Kier alpha value is -2.22. The summed E-state index contributed by atoms with van der Waals surface area (Å²) < 4.78 is 13.5. The van der Waals surface area contributed by atoms with Crippen molar-refractivity contribution in [2.45, 2.75) is 13.3 Å². The Balaban J connectivity index is 2.04. The van der Waals surface area contributed by atoms with Crippen LogP contribution < -0.4 is 5.32 Å². The molecule has 0 amide bonds. The minimum atomic E-state index is -0.825. The predicted octanol–water partition coefficient (Wildman–Crippen LogP) is 3.09. The van der Waals surface area contributed by atoms with E-state index in [9.17, 15) is 14.5 Å². The zero-order valence-corrected chi connectivity index (χ0v) is 11.4. The minimum absolute atomic E-state index is 0.0187. The molecule has 106 valence electrons. The maximum Gasteiger partial charge on any atom is 0.294 e. The van der Waals surface area contributed by atoms with Crippen LogP contribution >= 0.6 is 11.3 Å². The molecule has 2 rings (SSSR count). The first-order chi connectivity index (χ1) is 9.56. The molecule has 0 aliphatic carbocycles. The third-order valence-corrected chi connectivity index (χ3v) is 3.67. The third kappa shape index (κ3) is 3.64. The standard InChI is InChI=1S/C12H12FN3O3S/c1-8-11(6-7-19-16(17)18)20-12(14-8)15-10-5-3-2-4-9(10)13/h2-5H,6-7H2,1H3,(H,14,15). The molecule has 0 unspecified atom stereocenters. The number of hydrogen-bond acceptors (Lipinski definition) is 6. The van der Waals surface area contributed by atoms with Gasteiger partial charge in [-0.3, -0.25) is 0 Å². The van der Waals surface area contributed by atoms with Crippen LogP contribution in [-0.2, 0) is 11.3 Å². The molecule has 2 aromatic rings. The lowest BCUT2D eigenvalue weighted by Crippen LogP contribution is -2.04. The summed E-state index contributed by atoms with van der Waals surface area (Å²) in [6.07, 6.45) is 0.392. The molecule has 0 spiro atoms. The van der Waals surface area contributed by atoms with Crippen LogP contribution in [0.3, 0.4) is 0 Å². The van der Waals surface area contributed by atoms with Crippen molar-refractivity contribution in [2.24, 2.45) is 0 Å². The zero-order chi connectivity index (χ0) is 14.5. The van der Waals surface area contributed by atoms with Gasteiger partial charge in [-0.05, 0) is 19.1 Å². The van der Waals surface area contributed by atoms with E-state index in [1.54, 1.807) is 25.1 Å². The van der Waals surface area contributed by atoms with Crippen molar-refractivity contribution >= 4 is 22.2 Å². The molecule has 1 aromatic heterocycles.